The monoisotopic (exact) mass is 278 g/mol. The SMILES string of the molecule is Cc1cc(C)c(C(=O)O)c(N2CCCC(CCO)C2)n1. The van der Waals surface area contributed by atoms with E-state index in [2.05, 4.69) is 9.88 Å². The Morgan fingerprint density at radius 2 is 2.25 bits per heavy atom. The van der Waals surface area contributed by atoms with E-state index in [1.54, 1.807) is 0 Å². The van der Waals surface area contributed by atoms with Gasteiger partial charge in [0.2, 0.25) is 0 Å². The van der Waals surface area contributed by atoms with Crippen LogP contribution >= 0.6 is 0 Å². The number of carboxylic acids is 1. The molecule has 0 spiro atoms. The topological polar surface area (TPSA) is 73.7 Å². The molecule has 1 aliphatic rings. The fourth-order valence-corrected chi connectivity index (χ4v) is 2.99. The van der Waals surface area contributed by atoms with E-state index in [1.807, 2.05) is 19.9 Å². The summed E-state index contributed by atoms with van der Waals surface area (Å²) in [6.07, 6.45) is 2.87. The van der Waals surface area contributed by atoms with Crippen LogP contribution in [0.25, 0.3) is 0 Å². The lowest BCUT2D eigenvalue weighted by Gasteiger charge is -2.34. The van der Waals surface area contributed by atoms with E-state index in [-0.39, 0.29) is 6.61 Å². The number of aromatic carboxylic acids is 1. The van der Waals surface area contributed by atoms with E-state index in [0.717, 1.165) is 43.6 Å². The van der Waals surface area contributed by atoms with Gasteiger partial charge in [0.15, 0.2) is 0 Å². The number of hydrogen-bond acceptors (Lipinski definition) is 4. The minimum atomic E-state index is -0.922. The highest BCUT2D eigenvalue weighted by Gasteiger charge is 2.25. The molecule has 1 fully saturated rings. The van der Waals surface area contributed by atoms with Crippen LogP contribution in [0.15, 0.2) is 6.07 Å². The average molecular weight is 278 g/mol. The van der Waals surface area contributed by atoms with E-state index in [4.69, 9.17) is 5.11 Å². The van der Waals surface area contributed by atoms with Crippen LogP contribution in [0.1, 0.15) is 40.9 Å². The Balaban J connectivity index is 2.33. The van der Waals surface area contributed by atoms with Crippen LogP contribution < -0.4 is 4.90 Å². The van der Waals surface area contributed by atoms with Crippen molar-refractivity contribution in [1.29, 1.82) is 0 Å². The van der Waals surface area contributed by atoms with Crippen molar-refractivity contribution in [1.82, 2.24) is 4.98 Å². The van der Waals surface area contributed by atoms with E-state index < -0.39 is 5.97 Å². The lowest BCUT2D eigenvalue weighted by molar-refractivity contribution is 0.0696. The molecule has 110 valence electrons. The Bertz CT molecular complexity index is 500. The molecule has 1 aromatic heterocycles. The summed E-state index contributed by atoms with van der Waals surface area (Å²) in [5.74, 6) is 0.0740. The number of carboxylic acid groups (broad SMARTS) is 1. The van der Waals surface area contributed by atoms with Crippen molar-refractivity contribution < 1.29 is 15.0 Å². The third-order valence-electron chi connectivity index (χ3n) is 3.90. The molecule has 0 saturated carbocycles. The summed E-state index contributed by atoms with van der Waals surface area (Å²) >= 11 is 0. The van der Waals surface area contributed by atoms with Crippen LogP contribution in [0.5, 0.6) is 0 Å². The van der Waals surface area contributed by atoms with Crippen LogP contribution in [-0.2, 0) is 0 Å². The molecule has 2 rings (SSSR count). The van der Waals surface area contributed by atoms with Gasteiger partial charge in [0.05, 0.1) is 0 Å². The van der Waals surface area contributed by atoms with Crippen LogP contribution in [0.2, 0.25) is 0 Å². The van der Waals surface area contributed by atoms with Gasteiger partial charge in [-0.25, -0.2) is 9.78 Å². The zero-order valence-corrected chi connectivity index (χ0v) is 12.1. The molecule has 0 amide bonds. The fourth-order valence-electron chi connectivity index (χ4n) is 2.99. The normalized spacial score (nSPS) is 19.1. The van der Waals surface area contributed by atoms with Crippen LogP contribution in [0.3, 0.4) is 0 Å². The molecule has 0 radical (unpaired) electrons. The van der Waals surface area contributed by atoms with Gasteiger partial charge in [-0.1, -0.05) is 0 Å². The average Bonchev–Trinajstić information content (AvgIpc) is 2.38. The maximum Gasteiger partial charge on any atom is 0.339 e. The number of aliphatic hydroxyl groups is 1. The second-order valence-electron chi connectivity index (χ2n) is 5.55. The van der Waals surface area contributed by atoms with Crippen molar-refractivity contribution in [3.63, 3.8) is 0 Å². The number of rotatable bonds is 4. The molecule has 0 aromatic carbocycles. The quantitative estimate of drug-likeness (QED) is 0.881. The number of piperidine rings is 1. The predicted octanol–water partition coefficient (Wildman–Crippen LogP) is 2.00. The first-order valence-electron chi connectivity index (χ1n) is 7.10. The Morgan fingerprint density at radius 3 is 2.90 bits per heavy atom. The minimum absolute atomic E-state index is 0.185. The van der Waals surface area contributed by atoms with Crippen LogP contribution in [-0.4, -0.2) is 40.9 Å². The minimum Gasteiger partial charge on any atom is -0.478 e. The summed E-state index contributed by atoms with van der Waals surface area (Å²) in [4.78, 5) is 18.0. The Labute approximate surface area is 119 Å². The summed E-state index contributed by atoms with van der Waals surface area (Å²) in [6.45, 7) is 5.49. The van der Waals surface area contributed by atoms with Gasteiger partial charge in [-0.15, -0.1) is 0 Å². The smallest absolute Gasteiger partial charge is 0.339 e. The van der Waals surface area contributed by atoms with Crippen molar-refractivity contribution >= 4 is 11.8 Å². The molecular formula is C15H22N2O3. The highest BCUT2D eigenvalue weighted by molar-refractivity contribution is 5.95. The molecule has 1 unspecified atom stereocenters. The third kappa shape index (κ3) is 3.10. The molecule has 5 heteroatoms. The fraction of sp³-hybridized carbons (Fsp3) is 0.600. The number of carbonyl (C=O) groups is 1. The zero-order chi connectivity index (χ0) is 14.7. The first-order valence-corrected chi connectivity index (χ1v) is 7.10. The Kier molecular flexibility index (Phi) is 4.60. The molecule has 0 aliphatic carbocycles. The van der Waals surface area contributed by atoms with E-state index in [9.17, 15) is 9.90 Å². The zero-order valence-electron chi connectivity index (χ0n) is 12.1. The summed E-state index contributed by atoms with van der Waals surface area (Å²) in [7, 11) is 0. The van der Waals surface area contributed by atoms with Gasteiger partial charge in [0.1, 0.15) is 11.4 Å². The van der Waals surface area contributed by atoms with Crippen molar-refractivity contribution in [3.8, 4) is 0 Å². The number of pyridine rings is 1. The van der Waals surface area contributed by atoms with Crippen LogP contribution in [0.4, 0.5) is 5.82 Å². The second kappa shape index (κ2) is 6.22. The number of aliphatic hydroxyl groups excluding tert-OH is 1. The molecule has 1 saturated heterocycles. The van der Waals surface area contributed by atoms with Gasteiger partial charge in [0.25, 0.3) is 0 Å². The molecule has 5 nitrogen and oxygen atoms in total. The van der Waals surface area contributed by atoms with Gasteiger partial charge >= 0.3 is 5.97 Å². The lowest BCUT2D eigenvalue weighted by Crippen LogP contribution is -2.37. The first-order chi connectivity index (χ1) is 9.52. The predicted molar refractivity (Wildman–Crippen MR) is 77.3 cm³/mol. The van der Waals surface area contributed by atoms with Crippen molar-refractivity contribution in [2.24, 2.45) is 5.92 Å². The summed E-state index contributed by atoms with van der Waals surface area (Å²) in [5.41, 5.74) is 1.90. The van der Waals surface area contributed by atoms with Gasteiger partial charge < -0.3 is 15.1 Å². The van der Waals surface area contributed by atoms with Gasteiger partial charge in [-0.05, 0) is 50.7 Å². The number of nitrogens with zero attached hydrogens (tertiary/aromatic N) is 2. The largest absolute Gasteiger partial charge is 0.478 e. The van der Waals surface area contributed by atoms with Gasteiger partial charge in [-0.3, -0.25) is 0 Å². The van der Waals surface area contributed by atoms with Crippen molar-refractivity contribution in [2.75, 3.05) is 24.6 Å². The van der Waals surface area contributed by atoms with E-state index in [0.29, 0.717) is 17.3 Å². The summed E-state index contributed by atoms with van der Waals surface area (Å²) in [5, 5.41) is 18.5. The van der Waals surface area contributed by atoms with E-state index >= 15 is 0 Å². The maximum absolute atomic E-state index is 11.5. The first kappa shape index (κ1) is 14.8. The highest BCUT2D eigenvalue weighted by atomic mass is 16.4. The van der Waals surface area contributed by atoms with E-state index in [1.165, 1.54) is 0 Å². The molecule has 1 aliphatic heterocycles. The lowest BCUT2D eigenvalue weighted by atomic mass is 9.94. The van der Waals surface area contributed by atoms with Crippen LogP contribution in [0, 0.1) is 19.8 Å². The third-order valence-corrected chi connectivity index (χ3v) is 3.90. The number of aromatic nitrogens is 1. The molecule has 2 N–H and O–H groups in total. The molecule has 2 heterocycles. The maximum atomic E-state index is 11.5. The summed E-state index contributed by atoms with van der Waals surface area (Å²) < 4.78 is 0. The van der Waals surface area contributed by atoms with Crippen molar-refractivity contribution in [2.45, 2.75) is 33.1 Å². The second-order valence-corrected chi connectivity index (χ2v) is 5.55. The van der Waals surface area contributed by atoms with Gasteiger partial charge in [0, 0.05) is 25.4 Å². The van der Waals surface area contributed by atoms with Gasteiger partial charge in [-0.2, -0.15) is 0 Å². The molecule has 0 bridgehead atoms. The Morgan fingerprint density at radius 1 is 1.50 bits per heavy atom. The molecule has 1 aromatic rings. The number of aryl methyl sites for hydroxylation is 2. The van der Waals surface area contributed by atoms with Crippen molar-refractivity contribution in [3.05, 3.63) is 22.9 Å². The summed E-state index contributed by atoms with van der Waals surface area (Å²) in [6, 6.07) is 1.81. The highest BCUT2D eigenvalue weighted by Crippen LogP contribution is 2.28. The molecule has 1 atom stereocenters. The number of anilines is 1. The molecular weight excluding hydrogens is 256 g/mol. The molecule has 20 heavy (non-hydrogen) atoms. The number of hydrogen-bond donors (Lipinski definition) is 2. The Hall–Kier alpha value is -1.62. The standard InChI is InChI=1S/C15H22N2O3/c1-10-8-11(2)16-14(13(10)15(19)20)17-6-3-4-12(9-17)5-7-18/h8,12,18H,3-7,9H2,1-2H3,(H,19,20).